The molecule has 0 atom stereocenters. The predicted molar refractivity (Wildman–Crippen MR) is 115 cm³/mol. The number of carbonyl (C=O) groups is 1. The number of aromatic nitrogens is 3. The lowest BCUT2D eigenvalue weighted by Crippen LogP contribution is -2.23. The molecule has 1 aliphatic carbocycles. The van der Waals surface area contributed by atoms with Gasteiger partial charge in [0.2, 0.25) is 0 Å². The van der Waals surface area contributed by atoms with Crippen LogP contribution in [-0.2, 0) is 6.54 Å². The van der Waals surface area contributed by atoms with Gasteiger partial charge >= 0.3 is 0 Å². The fourth-order valence-electron chi connectivity index (χ4n) is 3.88. The smallest absolute Gasteiger partial charge is 0.251 e. The number of amides is 1. The van der Waals surface area contributed by atoms with E-state index in [9.17, 15) is 4.79 Å². The standard InChI is InChI=1S/C23H27N5O/c1-27(2)20-9-7-18(8-10-20)23(29)25-16-19-15-22(17-11-13-24-14-12-17)28(26-19)21-5-3-4-6-21/h7-15,21H,3-6,16H2,1-2H3,(H,25,29). The van der Waals surface area contributed by atoms with Gasteiger partial charge in [0, 0.05) is 43.3 Å². The van der Waals surface area contributed by atoms with Gasteiger partial charge in [-0.05, 0) is 55.3 Å². The van der Waals surface area contributed by atoms with Crippen molar-refractivity contribution in [2.75, 3.05) is 19.0 Å². The number of nitrogens with zero attached hydrogens (tertiary/aromatic N) is 4. The Morgan fingerprint density at radius 3 is 2.45 bits per heavy atom. The Hall–Kier alpha value is -3.15. The van der Waals surface area contributed by atoms with Crippen molar-refractivity contribution >= 4 is 11.6 Å². The highest BCUT2D eigenvalue weighted by Gasteiger charge is 2.22. The molecule has 0 unspecified atom stereocenters. The summed E-state index contributed by atoms with van der Waals surface area (Å²) in [6, 6.07) is 14.1. The van der Waals surface area contributed by atoms with Crippen LogP contribution in [0, 0.1) is 0 Å². The second-order valence-corrected chi connectivity index (χ2v) is 7.76. The van der Waals surface area contributed by atoms with E-state index in [2.05, 4.69) is 21.0 Å². The van der Waals surface area contributed by atoms with E-state index in [-0.39, 0.29) is 5.91 Å². The molecule has 4 rings (SSSR count). The summed E-state index contributed by atoms with van der Waals surface area (Å²) < 4.78 is 2.15. The van der Waals surface area contributed by atoms with Gasteiger partial charge < -0.3 is 10.2 Å². The van der Waals surface area contributed by atoms with Gasteiger partial charge in [0.25, 0.3) is 5.91 Å². The molecule has 3 aromatic rings. The van der Waals surface area contributed by atoms with Gasteiger partial charge in [-0.3, -0.25) is 14.5 Å². The molecule has 1 fully saturated rings. The molecular weight excluding hydrogens is 362 g/mol. The Balaban J connectivity index is 1.50. The lowest BCUT2D eigenvalue weighted by atomic mass is 10.1. The van der Waals surface area contributed by atoms with Crippen molar-refractivity contribution in [1.82, 2.24) is 20.1 Å². The zero-order valence-corrected chi connectivity index (χ0v) is 17.0. The Labute approximate surface area is 171 Å². The minimum atomic E-state index is -0.0869. The van der Waals surface area contributed by atoms with Crippen LogP contribution < -0.4 is 10.2 Å². The van der Waals surface area contributed by atoms with Crippen molar-refractivity contribution in [2.45, 2.75) is 38.3 Å². The quantitative estimate of drug-likeness (QED) is 0.691. The van der Waals surface area contributed by atoms with Crippen LogP contribution in [0.1, 0.15) is 47.8 Å². The van der Waals surface area contributed by atoms with E-state index in [0.29, 0.717) is 18.2 Å². The fraction of sp³-hybridized carbons (Fsp3) is 0.348. The van der Waals surface area contributed by atoms with Gasteiger partial charge in [-0.25, -0.2) is 0 Å². The summed E-state index contributed by atoms with van der Waals surface area (Å²) in [7, 11) is 3.96. The summed E-state index contributed by atoms with van der Waals surface area (Å²) in [4.78, 5) is 18.7. The van der Waals surface area contributed by atoms with E-state index < -0.39 is 0 Å². The number of anilines is 1. The highest BCUT2D eigenvalue weighted by atomic mass is 16.1. The lowest BCUT2D eigenvalue weighted by Gasteiger charge is -2.14. The summed E-state index contributed by atoms with van der Waals surface area (Å²) in [6.07, 6.45) is 8.42. The van der Waals surface area contributed by atoms with Gasteiger partial charge in [-0.2, -0.15) is 5.10 Å². The minimum Gasteiger partial charge on any atom is -0.378 e. The highest BCUT2D eigenvalue weighted by Crippen LogP contribution is 2.33. The van der Waals surface area contributed by atoms with Crippen molar-refractivity contribution < 1.29 is 4.79 Å². The molecule has 1 aliphatic rings. The van der Waals surface area contributed by atoms with Crippen LogP contribution in [0.3, 0.4) is 0 Å². The van der Waals surface area contributed by atoms with E-state index in [4.69, 9.17) is 5.10 Å². The summed E-state index contributed by atoms with van der Waals surface area (Å²) in [5.41, 5.74) is 4.80. The SMILES string of the molecule is CN(C)c1ccc(C(=O)NCc2cc(-c3ccncc3)n(C3CCCC3)n2)cc1. The van der Waals surface area contributed by atoms with Crippen molar-refractivity contribution in [2.24, 2.45) is 0 Å². The van der Waals surface area contributed by atoms with Crippen molar-refractivity contribution in [1.29, 1.82) is 0 Å². The second-order valence-electron chi connectivity index (χ2n) is 7.76. The highest BCUT2D eigenvalue weighted by molar-refractivity contribution is 5.94. The Bertz CT molecular complexity index is 957. The zero-order chi connectivity index (χ0) is 20.2. The molecule has 0 bridgehead atoms. The van der Waals surface area contributed by atoms with Crippen LogP contribution in [0.25, 0.3) is 11.3 Å². The Morgan fingerprint density at radius 1 is 1.10 bits per heavy atom. The van der Waals surface area contributed by atoms with E-state index >= 15 is 0 Å². The number of hydrogen-bond acceptors (Lipinski definition) is 4. The maximum absolute atomic E-state index is 12.5. The molecule has 0 radical (unpaired) electrons. The van der Waals surface area contributed by atoms with Crippen LogP contribution in [0.2, 0.25) is 0 Å². The predicted octanol–water partition coefficient (Wildman–Crippen LogP) is 4.06. The topological polar surface area (TPSA) is 63.1 Å². The van der Waals surface area contributed by atoms with Crippen molar-refractivity contribution in [3.63, 3.8) is 0 Å². The number of nitrogens with one attached hydrogen (secondary N) is 1. The summed E-state index contributed by atoms with van der Waals surface area (Å²) in [5, 5.41) is 7.85. The minimum absolute atomic E-state index is 0.0869. The lowest BCUT2D eigenvalue weighted by molar-refractivity contribution is 0.0950. The van der Waals surface area contributed by atoms with E-state index in [1.165, 1.54) is 12.8 Å². The molecule has 1 saturated carbocycles. The summed E-state index contributed by atoms with van der Waals surface area (Å²) in [6.45, 7) is 0.409. The van der Waals surface area contributed by atoms with E-state index in [1.54, 1.807) is 12.4 Å². The monoisotopic (exact) mass is 389 g/mol. The van der Waals surface area contributed by atoms with Crippen molar-refractivity contribution in [3.8, 4) is 11.3 Å². The molecule has 2 aromatic heterocycles. The molecule has 29 heavy (non-hydrogen) atoms. The van der Waals surface area contributed by atoms with Crippen LogP contribution in [0.4, 0.5) is 5.69 Å². The first-order valence-corrected chi connectivity index (χ1v) is 10.2. The second kappa shape index (κ2) is 8.47. The molecular formula is C23H27N5O. The summed E-state index contributed by atoms with van der Waals surface area (Å²) >= 11 is 0. The third-order valence-corrected chi connectivity index (χ3v) is 5.51. The average Bonchev–Trinajstić information content (AvgIpc) is 3.42. The van der Waals surface area contributed by atoms with Gasteiger partial charge in [-0.15, -0.1) is 0 Å². The molecule has 0 saturated heterocycles. The molecule has 1 N–H and O–H groups in total. The van der Waals surface area contributed by atoms with Gasteiger partial charge in [0.1, 0.15) is 0 Å². The average molecular weight is 390 g/mol. The van der Waals surface area contributed by atoms with Crippen molar-refractivity contribution in [3.05, 3.63) is 66.1 Å². The maximum atomic E-state index is 12.5. The third-order valence-electron chi connectivity index (χ3n) is 5.51. The maximum Gasteiger partial charge on any atom is 0.251 e. The van der Waals surface area contributed by atoms with Gasteiger partial charge in [0.05, 0.1) is 24.0 Å². The molecule has 6 nitrogen and oxygen atoms in total. The molecule has 6 heteroatoms. The van der Waals surface area contributed by atoms with E-state index in [0.717, 1.165) is 35.5 Å². The Morgan fingerprint density at radius 2 is 1.79 bits per heavy atom. The number of hydrogen-bond donors (Lipinski definition) is 1. The van der Waals surface area contributed by atoms with Gasteiger partial charge in [0.15, 0.2) is 0 Å². The first kappa shape index (κ1) is 19.2. The number of pyridine rings is 1. The van der Waals surface area contributed by atoms with Crippen LogP contribution in [0.15, 0.2) is 54.9 Å². The molecule has 2 heterocycles. The Kier molecular flexibility index (Phi) is 5.60. The molecule has 0 aliphatic heterocycles. The van der Waals surface area contributed by atoms with Crippen LogP contribution >= 0.6 is 0 Å². The first-order chi connectivity index (χ1) is 14.1. The fourth-order valence-corrected chi connectivity index (χ4v) is 3.88. The number of carbonyl (C=O) groups excluding carboxylic acids is 1. The number of benzene rings is 1. The molecule has 1 aromatic carbocycles. The van der Waals surface area contributed by atoms with Crippen LogP contribution in [-0.4, -0.2) is 34.8 Å². The molecule has 1 amide bonds. The molecule has 0 spiro atoms. The first-order valence-electron chi connectivity index (χ1n) is 10.2. The van der Waals surface area contributed by atoms with E-state index in [1.807, 2.05) is 55.4 Å². The van der Waals surface area contributed by atoms with Gasteiger partial charge in [-0.1, -0.05) is 12.8 Å². The molecule has 150 valence electrons. The largest absolute Gasteiger partial charge is 0.378 e. The summed E-state index contributed by atoms with van der Waals surface area (Å²) in [5.74, 6) is -0.0869. The number of rotatable bonds is 6. The van der Waals surface area contributed by atoms with Crippen LogP contribution in [0.5, 0.6) is 0 Å². The zero-order valence-electron chi connectivity index (χ0n) is 17.0. The normalized spacial score (nSPS) is 14.1. The third kappa shape index (κ3) is 4.31.